The second kappa shape index (κ2) is 10.6. The summed E-state index contributed by atoms with van der Waals surface area (Å²) in [6.07, 6.45) is 7.34. The van der Waals surface area contributed by atoms with Crippen molar-refractivity contribution in [1.82, 2.24) is 0 Å². The second-order valence-electron chi connectivity index (χ2n) is 11.1. The Morgan fingerprint density at radius 2 is 1.84 bits per heavy atom. The van der Waals surface area contributed by atoms with E-state index in [1.165, 1.54) is 17.2 Å². The van der Waals surface area contributed by atoms with Crippen LogP contribution in [0.2, 0.25) is 0 Å². The summed E-state index contributed by atoms with van der Waals surface area (Å²) in [5.74, 6) is 0.342. The molecule has 0 saturated carbocycles. The van der Waals surface area contributed by atoms with Crippen molar-refractivity contribution in [3.8, 4) is 22.6 Å². The highest BCUT2D eigenvalue weighted by Crippen LogP contribution is 2.47. The predicted octanol–water partition coefficient (Wildman–Crippen LogP) is 8.18. The van der Waals surface area contributed by atoms with Crippen molar-refractivity contribution < 1.29 is 23.8 Å². The molecular weight excluding hydrogens is 479 g/mol. The summed E-state index contributed by atoms with van der Waals surface area (Å²) in [4.78, 5) is 11.4. The molecule has 0 spiro atoms. The van der Waals surface area contributed by atoms with Crippen molar-refractivity contribution in [2.75, 3.05) is 7.11 Å². The molecule has 0 amide bonds. The summed E-state index contributed by atoms with van der Waals surface area (Å²) < 4.78 is 26.6. The summed E-state index contributed by atoms with van der Waals surface area (Å²) in [6, 6.07) is 17.0. The average molecular weight is 515 g/mol. The standard InChI is InChI=1S/C33H35FO4/c1-33(2)15-5-8-30(33)28-16-21(9-13-26(28)29-18-24(37-3)12-14-31(29)34)20-38-25-11-10-22-6-4-7-23(17-32(35)36)27(22)19-25/h8-14,16,18-19,23H,4-7,15,17,20H2,1-3H3,(H,35,36). The number of aryl methyl sites for hydroxylation is 1. The lowest BCUT2D eigenvalue weighted by Crippen LogP contribution is -2.13. The van der Waals surface area contributed by atoms with Crippen LogP contribution < -0.4 is 9.47 Å². The molecule has 0 bridgehead atoms. The third-order valence-electron chi connectivity index (χ3n) is 8.07. The van der Waals surface area contributed by atoms with Gasteiger partial charge in [0.15, 0.2) is 0 Å². The van der Waals surface area contributed by atoms with Gasteiger partial charge in [-0.05, 0) is 113 Å². The molecule has 38 heavy (non-hydrogen) atoms. The minimum Gasteiger partial charge on any atom is -0.497 e. The van der Waals surface area contributed by atoms with Crippen molar-refractivity contribution in [2.24, 2.45) is 5.41 Å². The Balaban J connectivity index is 1.46. The number of aliphatic carboxylic acids is 1. The van der Waals surface area contributed by atoms with Gasteiger partial charge in [0, 0.05) is 5.56 Å². The smallest absolute Gasteiger partial charge is 0.303 e. The first-order valence-electron chi connectivity index (χ1n) is 13.4. The highest BCUT2D eigenvalue weighted by atomic mass is 19.1. The summed E-state index contributed by atoms with van der Waals surface area (Å²) in [7, 11) is 1.59. The molecule has 0 heterocycles. The minimum atomic E-state index is -0.765. The molecule has 3 aromatic rings. The number of carboxylic acid groups (broad SMARTS) is 1. The lowest BCUT2D eigenvalue weighted by molar-refractivity contribution is -0.137. The predicted molar refractivity (Wildman–Crippen MR) is 148 cm³/mol. The van der Waals surface area contributed by atoms with Gasteiger partial charge >= 0.3 is 5.97 Å². The average Bonchev–Trinajstić information content (AvgIpc) is 3.26. The molecule has 0 saturated heterocycles. The molecule has 0 aromatic heterocycles. The van der Waals surface area contributed by atoms with Crippen LogP contribution in [-0.4, -0.2) is 18.2 Å². The van der Waals surface area contributed by atoms with E-state index in [0.717, 1.165) is 60.1 Å². The van der Waals surface area contributed by atoms with Crippen LogP contribution >= 0.6 is 0 Å². The molecule has 0 radical (unpaired) electrons. The van der Waals surface area contributed by atoms with Gasteiger partial charge in [-0.25, -0.2) is 4.39 Å². The first-order valence-corrected chi connectivity index (χ1v) is 13.4. The first kappa shape index (κ1) is 26.0. The topological polar surface area (TPSA) is 55.8 Å². The highest BCUT2D eigenvalue weighted by Gasteiger charge is 2.30. The molecule has 5 heteroatoms. The summed E-state index contributed by atoms with van der Waals surface area (Å²) >= 11 is 0. The van der Waals surface area contributed by atoms with Gasteiger partial charge in [0.05, 0.1) is 13.5 Å². The molecule has 1 unspecified atom stereocenters. The van der Waals surface area contributed by atoms with Crippen molar-refractivity contribution in [3.63, 3.8) is 0 Å². The van der Waals surface area contributed by atoms with Gasteiger partial charge in [0.1, 0.15) is 23.9 Å². The van der Waals surface area contributed by atoms with Crippen LogP contribution in [0.4, 0.5) is 4.39 Å². The maximum Gasteiger partial charge on any atom is 0.303 e. The van der Waals surface area contributed by atoms with Crippen LogP contribution in [-0.2, 0) is 17.8 Å². The van der Waals surface area contributed by atoms with Crippen LogP contribution in [0, 0.1) is 11.2 Å². The Morgan fingerprint density at radius 3 is 2.58 bits per heavy atom. The van der Waals surface area contributed by atoms with Gasteiger partial charge in [-0.3, -0.25) is 4.79 Å². The Hall–Kier alpha value is -3.60. The lowest BCUT2D eigenvalue weighted by Gasteiger charge is -2.26. The number of carbonyl (C=O) groups is 1. The van der Waals surface area contributed by atoms with Crippen molar-refractivity contribution in [2.45, 2.75) is 64.9 Å². The normalized spacial score (nSPS) is 18.0. The van der Waals surface area contributed by atoms with Gasteiger partial charge in [-0.15, -0.1) is 0 Å². The minimum absolute atomic E-state index is 0.0127. The highest BCUT2D eigenvalue weighted by molar-refractivity contribution is 5.85. The van der Waals surface area contributed by atoms with Crippen LogP contribution in [0.25, 0.3) is 16.7 Å². The summed E-state index contributed by atoms with van der Waals surface area (Å²) in [6.45, 7) is 4.84. The number of carboxylic acids is 1. The lowest BCUT2D eigenvalue weighted by atomic mass is 9.79. The van der Waals surface area contributed by atoms with Crippen molar-refractivity contribution in [1.29, 1.82) is 0 Å². The molecule has 2 aliphatic rings. The zero-order valence-electron chi connectivity index (χ0n) is 22.4. The van der Waals surface area contributed by atoms with E-state index in [2.05, 4.69) is 32.1 Å². The molecule has 0 fully saturated rings. The van der Waals surface area contributed by atoms with Crippen LogP contribution in [0.15, 0.2) is 60.7 Å². The quantitative estimate of drug-likeness (QED) is 0.329. The number of ether oxygens (including phenoxy) is 2. The maximum atomic E-state index is 15.0. The molecule has 0 aliphatic heterocycles. The van der Waals surface area contributed by atoms with E-state index in [-0.39, 0.29) is 23.6 Å². The number of halogens is 1. The Bertz CT molecular complexity index is 1390. The molecule has 1 N–H and O–H groups in total. The molecule has 2 aliphatic carbocycles. The Labute approximate surface area is 224 Å². The first-order chi connectivity index (χ1) is 18.2. The van der Waals surface area contributed by atoms with Gasteiger partial charge in [0.25, 0.3) is 0 Å². The van der Waals surface area contributed by atoms with E-state index in [1.807, 2.05) is 24.3 Å². The molecule has 5 rings (SSSR count). The molecule has 198 valence electrons. The van der Waals surface area contributed by atoms with E-state index >= 15 is 4.39 Å². The molecule has 1 atom stereocenters. The van der Waals surface area contributed by atoms with E-state index < -0.39 is 5.97 Å². The fraction of sp³-hybridized carbons (Fsp3) is 0.364. The van der Waals surface area contributed by atoms with Crippen LogP contribution in [0.3, 0.4) is 0 Å². The Morgan fingerprint density at radius 1 is 1.03 bits per heavy atom. The molecule has 4 nitrogen and oxygen atoms in total. The summed E-state index contributed by atoms with van der Waals surface area (Å²) in [5.41, 5.74) is 6.91. The van der Waals surface area contributed by atoms with Gasteiger partial charge in [-0.2, -0.15) is 0 Å². The molecular formula is C33H35FO4. The van der Waals surface area contributed by atoms with Gasteiger partial charge in [0.2, 0.25) is 0 Å². The van der Waals surface area contributed by atoms with Gasteiger partial charge in [-0.1, -0.05) is 38.1 Å². The third kappa shape index (κ3) is 5.33. The van der Waals surface area contributed by atoms with E-state index in [1.54, 1.807) is 19.2 Å². The monoisotopic (exact) mass is 514 g/mol. The number of rotatable bonds is 8. The van der Waals surface area contributed by atoms with Crippen LogP contribution in [0.1, 0.15) is 74.1 Å². The third-order valence-corrected chi connectivity index (χ3v) is 8.07. The van der Waals surface area contributed by atoms with Crippen molar-refractivity contribution >= 4 is 11.5 Å². The SMILES string of the molecule is COc1ccc(F)c(-c2ccc(COc3ccc4c(c3)C(CC(=O)O)CCC4)cc2C2=CCCC2(C)C)c1. The fourth-order valence-electron chi connectivity index (χ4n) is 5.99. The fourth-order valence-corrected chi connectivity index (χ4v) is 5.99. The van der Waals surface area contributed by atoms with E-state index in [0.29, 0.717) is 17.9 Å². The number of hydrogen-bond donors (Lipinski definition) is 1. The Kier molecular flexibility index (Phi) is 7.29. The second-order valence-corrected chi connectivity index (χ2v) is 11.1. The zero-order valence-corrected chi connectivity index (χ0v) is 22.4. The number of hydrogen-bond acceptors (Lipinski definition) is 3. The van der Waals surface area contributed by atoms with E-state index in [9.17, 15) is 9.90 Å². The largest absolute Gasteiger partial charge is 0.497 e. The van der Waals surface area contributed by atoms with Crippen LogP contribution in [0.5, 0.6) is 11.5 Å². The number of fused-ring (bicyclic) bond motifs is 1. The summed E-state index contributed by atoms with van der Waals surface area (Å²) in [5, 5.41) is 9.35. The van der Waals surface area contributed by atoms with E-state index in [4.69, 9.17) is 9.47 Å². The number of allylic oxidation sites excluding steroid dienone is 2. The van der Waals surface area contributed by atoms with Gasteiger partial charge < -0.3 is 14.6 Å². The zero-order chi connectivity index (χ0) is 26.9. The maximum absolute atomic E-state index is 15.0. The number of methoxy groups -OCH3 is 1. The molecule has 3 aromatic carbocycles. The van der Waals surface area contributed by atoms with Crippen molar-refractivity contribution in [3.05, 3.63) is 88.7 Å². The number of benzene rings is 3.